The lowest BCUT2D eigenvalue weighted by molar-refractivity contribution is 0.411. The van der Waals surface area contributed by atoms with Gasteiger partial charge in [0.25, 0.3) is 0 Å². The van der Waals surface area contributed by atoms with Gasteiger partial charge in [0, 0.05) is 5.56 Å². The Morgan fingerprint density at radius 3 is 2.47 bits per heavy atom. The molecule has 0 fully saturated rings. The third-order valence-corrected chi connectivity index (χ3v) is 2.74. The maximum atomic E-state index is 5.39. The van der Waals surface area contributed by atoms with E-state index in [1.807, 2.05) is 24.3 Å². The summed E-state index contributed by atoms with van der Waals surface area (Å²) in [6, 6.07) is 7.86. The van der Waals surface area contributed by atoms with Crippen molar-refractivity contribution in [2.45, 2.75) is 13.8 Å². The van der Waals surface area contributed by atoms with Gasteiger partial charge in [0.15, 0.2) is 0 Å². The second kappa shape index (κ2) is 3.81. The first-order valence-electron chi connectivity index (χ1n) is 4.92. The number of hydrogen-bond donors (Lipinski definition) is 0. The second-order valence-corrected chi connectivity index (χ2v) is 3.54. The fraction of sp³-hybridized carbons (Fsp3) is 0.231. The smallest absolute Gasteiger partial charge is 0.134 e. The molecule has 1 heterocycles. The van der Waals surface area contributed by atoms with E-state index in [4.69, 9.17) is 9.15 Å². The zero-order valence-electron chi connectivity index (χ0n) is 9.20. The van der Waals surface area contributed by atoms with Crippen molar-refractivity contribution in [3.8, 4) is 17.1 Å². The average Bonchev–Trinajstić information content (AvgIpc) is 2.75. The molecule has 2 aromatic rings. The fourth-order valence-corrected chi connectivity index (χ4v) is 1.72. The summed E-state index contributed by atoms with van der Waals surface area (Å²) < 4.78 is 10.7. The van der Waals surface area contributed by atoms with Crippen LogP contribution >= 0.6 is 0 Å². The molecule has 0 aliphatic carbocycles. The van der Waals surface area contributed by atoms with Gasteiger partial charge in [-0.3, -0.25) is 0 Å². The molecule has 0 unspecified atom stereocenters. The molecule has 1 aromatic carbocycles. The summed E-state index contributed by atoms with van der Waals surface area (Å²) in [4.78, 5) is 0. The SMILES string of the molecule is COc1ccc(-c2ccco2)c(C)c1C. The largest absolute Gasteiger partial charge is 0.496 e. The normalized spacial score (nSPS) is 10.3. The minimum Gasteiger partial charge on any atom is -0.496 e. The Hall–Kier alpha value is -1.70. The molecule has 0 aliphatic heterocycles. The second-order valence-electron chi connectivity index (χ2n) is 3.54. The van der Waals surface area contributed by atoms with Gasteiger partial charge in [-0.05, 0) is 49.2 Å². The number of hydrogen-bond acceptors (Lipinski definition) is 2. The van der Waals surface area contributed by atoms with E-state index in [0.29, 0.717) is 0 Å². The van der Waals surface area contributed by atoms with Gasteiger partial charge in [-0.15, -0.1) is 0 Å². The maximum Gasteiger partial charge on any atom is 0.134 e. The van der Waals surface area contributed by atoms with E-state index in [1.54, 1.807) is 13.4 Å². The highest BCUT2D eigenvalue weighted by Crippen LogP contribution is 2.30. The van der Waals surface area contributed by atoms with E-state index in [2.05, 4.69) is 13.8 Å². The van der Waals surface area contributed by atoms with Crippen LogP contribution in [-0.2, 0) is 0 Å². The van der Waals surface area contributed by atoms with Gasteiger partial charge >= 0.3 is 0 Å². The number of ether oxygens (including phenoxy) is 1. The minimum atomic E-state index is 0.901. The van der Waals surface area contributed by atoms with E-state index in [9.17, 15) is 0 Å². The summed E-state index contributed by atoms with van der Waals surface area (Å²) in [5, 5.41) is 0. The minimum absolute atomic E-state index is 0.901. The van der Waals surface area contributed by atoms with E-state index in [0.717, 1.165) is 22.6 Å². The number of methoxy groups -OCH3 is 1. The van der Waals surface area contributed by atoms with Crippen molar-refractivity contribution in [1.29, 1.82) is 0 Å². The Morgan fingerprint density at radius 2 is 1.87 bits per heavy atom. The van der Waals surface area contributed by atoms with Gasteiger partial charge in [0.2, 0.25) is 0 Å². The molecule has 0 spiro atoms. The van der Waals surface area contributed by atoms with E-state index in [-0.39, 0.29) is 0 Å². The topological polar surface area (TPSA) is 22.4 Å². The standard InChI is InChI=1S/C13H14O2/c1-9-10(2)12(14-3)7-6-11(9)13-5-4-8-15-13/h4-8H,1-3H3. The van der Waals surface area contributed by atoms with E-state index in [1.165, 1.54) is 5.56 Å². The molecule has 1 aromatic heterocycles. The van der Waals surface area contributed by atoms with Gasteiger partial charge in [-0.1, -0.05) is 0 Å². The predicted octanol–water partition coefficient (Wildman–Crippen LogP) is 3.57. The third kappa shape index (κ3) is 1.63. The van der Waals surface area contributed by atoms with Crippen LogP contribution in [0, 0.1) is 13.8 Å². The molecule has 2 nitrogen and oxygen atoms in total. The molecule has 2 rings (SSSR count). The van der Waals surface area contributed by atoms with Crippen LogP contribution < -0.4 is 4.74 Å². The van der Waals surface area contributed by atoms with Gasteiger partial charge in [0.1, 0.15) is 11.5 Å². The van der Waals surface area contributed by atoms with Crippen LogP contribution in [0.15, 0.2) is 34.9 Å². The third-order valence-electron chi connectivity index (χ3n) is 2.74. The number of rotatable bonds is 2. The van der Waals surface area contributed by atoms with Gasteiger partial charge in [0.05, 0.1) is 13.4 Å². The molecule has 0 atom stereocenters. The quantitative estimate of drug-likeness (QED) is 0.742. The molecular formula is C13H14O2. The van der Waals surface area contributed by atoms with Crippen molar-refractivity contribution in [2.24, 2.45) is 0 Å². The monoisotopic (exact) mass is 202 g/mol. The lowest BCUT2D eigenvalue weighted by Gasteiger charge is -2.10. The highest BCUT2D eigenvalue weighted by molar-refractivity contribution is 5.65. The van der Waals surface area contributed by atoms with Gasteiger partial charge < -0.3 is 9.15 Å². The molecule has 0 bridgehead atoms. The first-order chi connectivity index (χ1) is 7.24. The van der Waals surface area contributed by atoms with Crippen molar-refractivity contribution < 1.29 is 9.15 Å². The Balaban J connectivity index is 2.56. The molecule has 0 saturated heterocycles. The van der Waals surface area contributed by atoms with E-state index >= 15 is 0 Å². The Bertz CT molecular complexity index is 456. The Morgan fingerprint density at radius 1 is 1.07 bits per heavy atom. The van der Waals surface area contributed by atoms with Gasteiger partial charge in [-0.25, -0.2) is 0 Å². The summed E-state index contributed by atoms with van der Waals surface area (Å²) >= 11 is 0. The summed E-state index contributed by atoms with van der Waals surface area (Å²) in [7, 11) is 1.69. The lowest BCUT2D eigenvalue weighted by atomic mass is 10.0. The summed E-state index contributed by atoms with van der Waals surface area (Å²) in [6.07, 6.45) is 1.69. The van der Waals surface area contributed by atoms with Crippen LogP contribution in [0.3, 0.4) is 0 Å². The molecule has 0 N–H and O–H groups in total. The lowest BCUT2D eigenvalue weighted by Crippen LogP contribution is -1.92. The maximum absolute atomic E-state index is 5.39. The van der Waals surface area contributed by atoms with Crippen molar-refractivity contribution in [3.63, 3.8) is 0 Å². The van der Waals surface area contributed by atoms with Crippen LogP contribution in [0.1, 0.15) is 11.1 Å². The van der Waals surface area contributed by atoms with Crippen molar-refractivity contribution in [3.05, 3.63) is 41.7 Å². The Kier molecular flexibility index (Phi) is 2.50. The first-order valence-corrected chi connectivity index (χ1v) is 4.92. The van der Waals surface area contributed by atoms with Crippen LogP contribution in [0.2, 0.25) is 0 Å². The molecule has 0 amide bonds. The highest BCUT2D eigenvalue weighted by Gasteiger charge is 2.09. The molecule has 0 saturated carbocycles. The molecule has 78 valence electrons. The molecule has 15 heavy (non-hydrogen) atoms. The van der Waals surface area contributed by atoms with E-state index < -0.39 is 0 Å². The number of benzene rings is 1. The molecule has 0 radical (unpaired) electrons. The average molecular weight is 202 g/mol. The predicted molar refractivity (Wildman–Crippen MR) is 60.2 cm³/mol. The summed E-state index contributed by atoms with van der Waals surface area (Å²) in [6.45, 7) is 4.14. The molecular weight excluding hydrogens is 188 g/mol. The zero-order valence-corrected chi connectivity index (χ0v) is 9.20. The molecule has 0 aliphatic rings. The van der Waals surface area contributed by atoms with Crippen LogP contribution in [0.5, 0.6) is 5.75 Å². The van der Waals surface area contributed by atoms with Crippen LogP contribution in [0.25, 0.3) is 11.3 Å². The first kappa shape index (κ1) is 9.84. The van der Waals surface area contributed by atoms with Crippen molar-refractivity contribution >= 4 is 0 Å². The van der Waals surface area contributed by atoms with Gasteiger partial charge in [-0.2, -0.15) is 0 Å². The highest BCUT2D eigenvalue weighted by atomic mass is 16.5. The molecule has 2 heteroatoms. The fourth-order valence-electron chi connectivity index (χ4n) is 1.72. The van der Waals surface area contributed by atoms with Crippen molar-refractivity contribution in [1.82, 2.24) is 0 Å². The number of furan rings is 1. The summed E-state index contributed by atoms with van der Waals surface area (Å²) in [5.41, 5.74) is 3.48. The van der Waals surface area contributed by atoms with Crippen molar-refractivity contribution in [2.75, 3.05) is 7.11 Å². The summed E-state index contributed by atoms with van der Waals surface area (Å²) in [5.74, 6) is 1.82. The van der Waals surface area contributed by atoms with Crippen LogP contribution in [-0.4, -0.2) is 7.11 Å². The Labute approximate surface area is 89.5 Å². The zero-order chi connectivity index (χ0) is 10.8. The van der Waals surface area contributed by atoms with Crippen LogP contribution in [0.4, 0.5) is 0 Å².